The number of hydrogen-bond donors (Lipinski definition) is 0. The van der Waals surface area contributed by atoms with E-state index in [2.05, 4.69) is 28.6 Å². The Bertz CT molecular complexity index is 894. The third-order valence-corrected chi connectivity index (χ3v) is 6.76. The Morgan fingerprint density at radius 3 is 2.73 bits per heavy atom. The summed E-state index contributed by atoms with van der Waals surface area (Å²) >= 11 is 0. The second kappa shape index (κ2) is 8.62. The molecule has 1 amide bonds. The molecule has 160 valence electrons. The predicted molar refractivity (Wildman–Crippen MR) is 114 cm³/mol. The summed E-state index contributed by atoms with van der Waals surface area (Å²) in [6.07, 6.45) is 8.16. The molecule has 3 atom stereocenters. The number of ether oxygens (including phenoxy) is 1. The highest BCUT2D eigenvalue weighted by atomic mass is 16.5. The molecule has 0 spiro atoms. The van der Waals surface area contributed by atoms with Gasteiger partial charge in [-0.25, -0.2) is 4.98 Å². The van der Waals surface area contributed by atoms with Gasteiger partial charge >= 0.3 is 5.97 Å². The minimum Gasteiger partial charge on any atom is -0.465 e. The van der Waals surface area contributed by atoms with E-state index in [0.717, 1.165) is 30.7 Å². The van der Waals surface area contributed by atoms with E-state index in [-0.39, 0.29) is 24.0 Å². The fraction of sp³-hybridized carbons (Fsp3) is 0.542. The van der Waals surface area contributed by atoms with Gasteiger partial charge in [0.2, 0.25) is 5.91 Å². The van der Waals surface area contributed by atoms with Crippen LogP contribution < -0.4 is 0 Å². The van der Waals surface area contributed by atoms with Gasteiger partial charge in [-0.2, -0.15) is 0 Å². The Hall–Kier alpha value is -2.63. The van der Waals surface area contributed by atoms with Crippen molar-refractivity contribution >= 4 is 11.9 Å². The fourth-order valence-corrected chi connectivity index (χ4v) is 5.48. The Morgan fingerprint density at radius 2 is 2.00 bits per heavy atom. The van der Waals surface area contributed by atoms with Gasteiger partial charge in [-0.3, -0.25) is 9.59 Å². The molecule has 0 aliphatic carbocycles. The van der Waals surface area contributed by atoms with Crippen molar-refractivity contribution in [2.45, 2.75) is 71.0 Å². The second-order valence-corrected chi connectivity index (χ2v) is 8.43. The molecule has 0 N–H and O–H groups in total. The van der Waals surface area contributed by atoms with Crippen molar-refractivity contribution in [3.8, 4) is 0 Å². The zero-order valence-corrected chi connectivity index (χ0v) is 17.9. The molecule has 2 saturated heterocycles. The topological polar surface area (TPSA) is 64.4 Å². The Labute approximate surface area is 178 Å². The van der Waals surface area contributed by atoms with Crippen LogP contribution in [0.25, 0.3) is 0 Å². The average molecular weight is 410 g/mol. The maximum atomic E-state index is 13.3. The molecular weight excluding hydrogens is 378 g/mol. The zero-order valence-electron chi connectivity index (χ0n) is 17.9. The van der Waals surface area contributed by atoms with E-state index in [1.165, 1.54) is 0 Å². The number of imidazole rings is 1. The predicted octanol–water partition coefficient (Wildman–Crippen LogP) is 3.39. The van der Waals surface area contributed by atoms with Gasteiger partial charge in [0.05, 0.1) is 12.0 Å². The van der Waals surface area contributed by atoms with Gasteiger partial charge in [0.25, 0.3) is 0 Å². The lowest BCUT2D eigenvalue weighted by molar-refractivity contribution is -0.158. The van der Waals surface area contributed by atoms with Crippen LogP contribution in [-0.4, -0.2) is 45.0 Å². The van der Waals surface area contributed by atoms with Gasteiger partial charge in [0.15, 0.2) is 0 Å². The van der Waals surface area contributed by atoms with Crippen molar-refractivity contribution in [3.05, 3.63) is 54.1 Å². The molecule has 2 fully saturated rings. The molecule has 3 heterocycles. The standard InChI is InChI=1S/C24H31N3O3/c1-3-21-25-13-15-26(21)14-12-22(28)27-19-10-11-20(27)24(17-19,23(29)30-4-2)16-18-8-6-5-7-9-18/h5-9,13,15,19-20H,3-4,10-12,14,16-17H2,1-2H3/t19-,20+,24+/m1/s1. The lowest BCUT2D eigenvalue weighted by atomic mass is 9.70. The zero-order chi connectivity index (χ0) is 21.1. The Balaban J connectivity index is 1.54. The maximum Gasteiger partial charge on any atom is 0.314 e. The number of benzene rings is 1. The fourth-order valence-electron chi connectivity index (χ4n) is 5.48. The Morgan fingerprint density at radius 1 is 1.20 bits per heavy atom. The highest BCUT2D eigenvalue weighted by molar-refractivity contribution is 5.84. The minimum absolute atomic E-state index is 0.0808. The summed E-state index contributed by atoms with van der Waals surface area (Å²) in [6, 6.07) is 10.2. The molecule has 0 radical (unpaired) electrons. The highest BCUT2D eigenvalue weighted by Gasteiger charge is 2.61. The van der Waals surface area contributed by atoms with Gasteiger partial charge in [-0.15, -0.1) is 0 Å². The summed E-state index contributed by atoms with van der Waals surface area (Å²) in [7, 11) is 0. The van der Waals surface area contributed by atoms with E-state index in [0.29, 0.717) is 32.4 Å². The summed E-state index contributed by atoms with van der Waals surface area (Å²) in [6.45, 7) is 4.91. The van der Waals surface area contributed by atoms with Crippen LogP contribution in [0.2, 0.25) is 0 Å². The van der Waals surface area contributed by atoms with Crippen LogP contribution in [-0.2, 0) is 33.7 Å². The molecule has 4 rings (SSSR count). The van der Waals surface area contributed by atoms with Crippen molar-refractivity contribution in [1.82, 2.24) is 14.5 Å². The van der Waals surface area contributed by atoms with Gasteiger partial charge in [0.1, 0.15) is 5.82 Å². The van der Waals surface area contributed by atoms with Crippen LogP contribution >= 0.6 is 0 Å². The van der Waals surface area contributed by atoms with E-state index in [1.54, 1.807) is 6.20 Å². The largest absolute Gasteiger partial charge is 0.465 e. The van der Waals surface area contributed by atoms with Gasteiger partial charge < -0.3 is 14.2 Å². The van der Waals surface area contributed by atoms with Gasteiger partial charge in [0, 0.05) is 43.9 Å². The number of nitrogens with zero attached hydrogens (tertiary/aromatic N) is 3. The molecule has 30 heavy (non-hydrogen) atoms. The molecule has 2 bridgehead atoms. The van der Waals surface area contributed by atoms with E-state index >= 15 is 0 Å². The lowest BCUT2D eigenvalue weighted by Crippen LogP contribution is -2.47. The quantitative estimate of drug-likeness (QED) is 0.627. The molecule has 6 heteroatoms. The molecule has 6 nitrogen and oxygen atoms in total. The summed E-state index contributed by atoms with van der Waals surface area (Å²) in [5, 5.41) is 0. The maximum absolute atomic E-state index is 13.3. The summed E-state index contributed by atoms with van der Waals surface area (Å²) in [4.78, 5) is 32.8. The molecule has 2 aromatic rings. The first-order valence-electron chi connectivity index (χ1n) is 11.1. The van der Waals surface area contributed by atoms with Crippen LogP contribution in [0, 0.1) is 5.41 Å². The Kier molecular flexibility index (Phi) is 5.93. The third kappa shape index (κ3) is 3.64. The number of fused-ring (bicyclic) bond motifs is 2. The van der Waals surface area contributed by atoms with Crippen molar-refractivity contribution in [2.24, 2.45) is 5.41 Å². The smallest absolute Gasteiger partial charge is 0.314 e. The van der Waals surface area contributed by atoms with Crippen LogP contribution in [0.4, 0.5) is 0 Å². The number of carbonyl (C=O) groups is 2. The number of esters is 1. The van der Waals surface area contributed by atoms with Crippen molar-refractivity contribution in [2.75, 3.05) is 6.61 Å². The molecule has 0 unspecified atom stereocenters. The molecule has 0 saturated carbocycles. The first-order chi connectivity index (χ1) is 14.6. The van der Waals surface area contributed by atoms with E-state index in [1.807, 2.05) is 36.2 Å². The number of aromatic nitrogens is 2. The molecule has 1 aromatic heterocycles. The average Bonchev–Trinajstić information content (AvgIpc) is 3.46. The molecule has 2 aliphatic rings. The lowest BCUT2D eigenvalue weighted by Gasteiger charge is -2.35. The SMILES string of the molecule is CCOC(=O)[C@@]1(Cc2ccccc2)C[C@H]2CC[C@@H]1N2C(=O)CCn1ccnc1CC. The molecular formula is C24H31N3O3. The number of hydrogen-bond acceptors (Lipinski definition) is 4. The number of rotatable bonds is 8. The highest BCUT2D eigenvalue weighted by Crippen LogP contribution is 2.52. The molecule has 1 aromatic carbocycles. The monoisotopic (exact) mass is 409 g/mol. The first-order valence-corrected chi connectivity index (χ1v) is 11.1. The number of carbonyl (C=O) groups excluding carboxylic acids is 2. The van der Waals surface area contributed by atoms with Crippen molar-refractivity contribution < 1.29 is 14.3 Å². The summed E-state index contributed by atoms with van der Waals surface area (Å²) in [5.74, 6) is 0.983. The van der Waals surface area contributed by atoms with Crippen LogP contribution in [0.1, 0.15) is 50.9 Å². The van der Waals surface area contributed by atoms with E-state index in [4.69, 9.17) is 4.74 Å². The van der Waals surface area contributed by atoms with Crippen molar-refractivity contribution in [3.63, 3.8) is 0 Å². The van der Waals surface area contributed by atoms with Gasteiger partial charge in [-0.05, 0) is 38.2 Å². The first kappa shape index (κ1) is 20.6. The summed E-state index contributed by atoms with van der Waals surface area (Å²) < 4.78 is 7.60. The second-order valence-electron chi connectivity index (χ2n) is 8.43. The number of amides is 1. The van der Waals surface area contributed by atoms with Gasteiger partial charge in [-0.1, -0.05) is 37.3 Å². The van der Waals surface area contributed by atoms with Crippen LogP contribution in [0.5, 0.6) is 0 Å². The normalized spacial score (nSPS) is 24.9. The minimum atomic E-state index is -0.639. The van der Waals surface area contributed by atoms with Crippen LogP contribution in [0.15, 0.2) is 42.7 Å². The van der Waals surface area contributed by atoms with E-state index in [9.17, 15) is 9.59 Å². The number of aryl methyl sites for hydroxylation is 2. The van der Waals surface area contributed by atoms with Crippen molar-refractivity contribution in [1.29, 1.82) is 0 Å². The summed E-state index contributed by atoms with van der Waals surface area (Å²) in [5.41, 5.74) is 0.482. The molecule has 2 aliphatic heterocycles. The van der Waals surface area contributed by atoms with E-state index < -0.39 is 5.41 Å². The van der Waals surface area contributed by atoms with Crippen LogP contribution in [0.3, 0.4) is 0 Å². The third-order valence-electron chi connectivity index (χ3n) is 6.76.